The molecule has 0 amide bonds. The number of benzene rings is 1. The Hall–Kier alpha value is 0.350. The molecule has 16 heavy (non-hydrogen) atoms. The number of hydrogen-bond donors (Lipinski definition) is 2. The van der Waals surface area contributed by atoms with Crippen LogP contribution in [0.1, 0.15) is 19.4 Å². The third-order valence-electron chi connectivity index (χ3n) is 2.35. The molecular weight excluding hydrogens is 379 g/mol. The zero-order valence-electron chi connectivity index (χ0n) is 9.69. The number of nitrogens with one attached hydrogen (secondary N) is 2. The Morgan fingerprint density at radius 2 is 2.19 bits per heavy atom. The van der Waals surface area contributed by atoms with Crippen molar-refractivity contribution in [3.63, 3.8) is 0 Å². The molecule has 1 rings (SSSR count). The minimum Gasteiger partial charge on any atom is -0.315 e. The quantitative estimate of drug-likeness (QED) is 0.722. The number of hydrogen-bond acceptors (Lipinski definition) is 2. The summed E-state index contributed by atoms with van der Waals surface area (Å²) < 4.78 is 2.45. The average molecular weight is 397 g/mol. The Balaban J connectivity index is 2.44. The van der Waals surface area contributed by atoms with Crippen molar-refractivity contribution in [1.29, 1.82) is 0 Å². The molecule has 0 aliphatic carbocycles. The first-order valence-corrected chi connectivity index (χ1v) is 7.38. The topological polar surface area (TPSA) is 24.1 Å². The van der Waals surface area contributed by atoms with Crippen LogP contribution in [-0.2, 0) is 6.54 Å². The lowest BCUT2D eigenvalue weighted by Crippen LogP contribution is -2.35. The molecule has 2 N–H and O–H groups in total. The van der Waals surface area contributed by atoms with Crippen molar-refractivity contribution in [1.82, 2.24) is 10.6 Å². The summed E-state index contributed by atoms with van der Waals surface area (Å²) in [6.45, 7) is 7.29. The average Bonchev–Trinajstić information content (AvgIpc) is 2.27. The third-order valence-corrected chi connectivity index (χ3v) is 3.89. The van der Waals surface area contributed by atoms with Crippen LogP contribution in [0.5, 0.6) is 0 Å². The van der Waals surface area contributed by atoms with E-state index >= 15 is 0 Å². The summed E-state index contributed by atoms with van der Waals surface area (Å²) in [6.07, 6.45) is 0. The minimum absolute atomic E-state index is 0.495. The van der Waals surface area contributed by atoms with E-state index in [1.807, 2.05) is 0 Å². The van der Waals surface area contributed by atoms with Gasteiger partial charge in [-0.15, -0.1) is 0 Å². The van der Waals surface area contributed by atoms with Crippen LogP contribution < -0.4 is 10.6 Å². The summed E-state index contributed by atoms with van der Waals surface area (Å²) >= 11 is 5.88. The highest BCUT2D eigenvalue weighted by molar-refractivity contribution is 14.1. The first-order chi connectivity index (χ1) is 7.63. The molecule has 0 radical (unpaired) electrons. The summed E-state index contributed by atoms with van der Waals surface area (Å²) in [5.41, 5.74) is 1.35. The molecule has 90 valence electrons. The molecule has 4 heteroatoms. The lowest BCUT2D eigenvalue weighted by atomic mass is 10.2. The van der Waals surface area contributed by atoms with Gasteiger partial charge >= 0.3 is 0 Å². The molecule has 1 aromatic carbocycles. The van der Waals surface area contributed by atoms with Crippen LogP contribution in [0.2, 0.25) is 0 Å². The van der Waals surface area contributed by atoms with Crippen molar-refractivity contribution in [2.24, 2.45) is 0 Å². The Morgan fingerprint density at radius 3 is 2.88 bits per heavy atom. The molecule has 0 bridgehead atoms. The second-order valence-electron chi connectivity index (χ2n) is 3.83. The van der Waals surface area contributed by atoms with Gasteiger partial charge in [-0.1, -0.05) is 22.9 Å². The zero-order valence-corrected chi connectivity index (χ0v) is 13.4. The van der Waals surface area contributed by atoms with Crippen LogP contribution in [-0.4, -0.2) is 19.1 Å². The Labute approximate surface area is 120 Å². The Bertz CT molecular complexity index is 331. The van der Waals surface area contributed by atoms with E-state index in [2.05, 4.69) is 81.2 Å². The molecule has 2 nitrogen and oxygen atoms in total. The predicted octanol–water partition coefficient (Wildman–Crippen LogP) is 3.14. The zero-order chi connectivity index (χ0) is 12.0. The van der Waals surface area contributed by atoms with Crippen LogP contribution in [0, 0.1) is 3.57 Å². The third kappa shape index (κ3) is 5.12. The molecule has 0 spiro atoms. The fourth-order valence-corrected chi connectivity index (χ4v) is 2.33. The van der Waals surface area contributed by atoms with Crippen molar-refractivity contribution < 1.29 is 0 Å². The van der Waals surface area contributed by atoms with Crippen LogP contribution >= 0.6 is 38.5 Å². The number of rotatable bonds is 6. The van der Waals surface area contributed by atoms with Gasteiger partial charge in [0.25, 0.3) is 0 Å². The fourth-order valence-electron chi connectivity index (χ4n) is 1.40. The second-order valence-corrected chi connectivity index (χ2v) is 5.90. The lowest BCUT2D eigenvalue weighted by Gasteiger charge is -2.15. The maximum absolute atomic E-state index is 3.51. The molecule has 0 saturated carbocycles. The predicted molar refractivity (Wildman–Crippen MR) is 81.7 cm³/mol. The maximum Gasteiger partial charge on any atom is 0.0219 e. The van der Waals surface area contributed by atoms with Gasteiger partial charge in [0.15, 0.2) is 0 Å². The molecule has 0 saturated heterocycles. The molecular formula is C12H18BrIN2. The van der Waals surface area contributed by atoms with Crippen LogP contribution in [0.3, 0.4) is 0 Å². The summed E-state index contributed by atoms with van der Waals surface area (Å²) in [5, 5.41) is 6.85. The monoisotopic (exact) mass is 396 g/mol. The van der Waals surface area contributed by atoms with Gasteiger partial charge in [0.05, 0.1) is 0 Å². The van der Waals surface area contributed by atoms with E-state index in [4.69, 9.17) is 0 Å². The summed E-state index contributed by atoms with van der Waals surface area (Å²) in [6, 6.07) is 6.88. The highest BCUT2D eigenvalue weighted by atomic mass is 127. The number of halogens is 2. The van der Waals surface area contributed by atoms with Crippen LogP contribution in [0.25, 0.3) is 0 Å². The Morgan fingerprint density at radius 1 is 1.44 bits per heavy atom. The largest absolute Gasteiger partial charge is 0.315 e. The van der Waals surface area contributed by atoms with Crippen molar-refractivity contribution in [3.8, 4) is 0 Å². The first kappa shape index (κ1) is 14.4. The van der Waals surface area contributed by atoms with Gasteiger partial charge in [0, 0.05) is 27.2 Å². The van der Waals surface area contributed by atoms with Gasteiger partial charge in [-0.25, -0.2) is 0 Å². The van der Waals surface area contributed by atoms with Gasteiger partial charge in [-0.3, -0.25) is 0 Å². The summed E-state index contributed by atoms with van der Waals surface area (Å²) in [4.78, 5) is 0. The molecule has 0 heterocycles. The van der Waals surface area contributed by atoms with Gasteiger partial charge < -0.3 is 10.6 Å². The van der Waals surface area contributed by atoms with E-state index in [1.165, 1.54) is 9.13 Å². The van der Waals surface area contributed by atoms with Gasteiger partial charge in [-0.2, -0.15) is 0 Å². The lowest BCUT2D eigenvalue weighted by molar-refractivity contribution is 0.508. The normalized spacial score (nSPS) is 12.8. The van der Waals surface area contributed by atoms with E-state index in [9.17, 15) is 0 Å². The van der Waals surface area contributed by atoms with Gasteiger partial charge in [0.1, 0.15) is 0 Å². The van der Waals surface area contributed by atoms with Crippen molar-refractivity contribution >= 4 is 38.5 Å². The van der Waals surface area contributed by atoms with Crippen molar-refractivity contribution in [3.05, 3.63) is 31.8 Å². The van der Waals surface area contributed by atoms with E-state index in [0.717, 1.165) is 24.1 Å². The van der Waals surface area contributed by atoms with Gasteiger partial charge in [-0.05, 0) is 59.8 Å². The van der Waals surface area contributed by atoms with E-state index < -0.39 is 0 Å². The smallest absolute Gasteiger partial charge is 0.0219 e. The van der Waals surface area contributed by atoms with Crippen molar-refractivity contribution in [2.45, 2.75) is 26.4 Å². The molecule has 0 fully saturated rings. The number of likely N-dealkylation sites (N-methyl/N-ethyl adjacent to an activating group) is 1. The SMILES string of the molecule is CCNCC(C)NCc1cc(Br)ccc1I. The Kier molecular flexibility index (Phi) is 6.87. The van der Waals surface area contributed by atoms with E-state index in [-0.39, 0.29) is 0 Å². The standard InChI is InChI=1S/C12H18BrIN2/c1-3-15-7-9(2)16-8-10-6-11(13)4-5-12(10)14/h4-6,9,15-16H,3,7-8H2,1-2H3. The molecule has 1 atom stereocenters. The maximum atomic E-state index is 3.51. The van der Waals surface area contributed by atoms with Gasteiger partial charge in [0.2, 0.25) is 0 Å². The fraction of sp³-hybridized carbons (Fsp3) is 0.500. The molecule has 1 unspecified atom stereocenters. The molecule has 0 aromatic heterocycles. The molecule has 0 aliphatic heterocycles. The molecule has 1 aromatic rings. The van der Waals surface area contributed by atoms with E-state index in [0.29, 0.717) is 6.04 Å². The summed E-state index contributed by atoms with van der Waals surface area (Å²) in [7, 11) is 0. The summed E-state index contributed by atoms with van der Waals surface area (Å²) in [5.74, 6) is 0. The van der Waals surface area contributed by atoms with Crippen LogP contribution in [0.4, 0.5) is 0 Å². The minimum atomic E-state index is 0.495. The van der Waals surface area contributed by atoms with E-state index in [1.54, 1.807) is 0 Å². The highest BCUT2D eigenvalue weighted by Crippen LogP contribution is 2.18. The van der Waals surface area contributed by atoms with Crippen LogP contribution in [0.15, 0.2) is 22.7 Å². The first-order valence-electron chi connectivity index (χ1n) is 5.51. The van der Waals surface area contributed by atoms with Crippen molar-refractivity contribution in [2.75, 3.05) is 13.1 Å². The highest BCUT2D eigenvalue weighted by Gasteiger charge is 2.03. The molecule has 0 aliphatic rings. The second kappa shape index (κ2) is 7.63.